The number of aliphatic carboxylic acids is 1. The summed E-state index contributed by atoms with van der Waals surface area (Å²) in [7, 11) is 1.23. The zero-order chi connectivity index (χ0) is 9.90. The van der Waals surface area contributed by atoms with Gasteiger partial charge in [0.15, 0.2) is 5.60 Å². The van der Waals surface area contributed by atoms with Crippen LogP contribution in [0.15, 0.2) is 0 Å². The zero-order valence-electron chi connectivity index (χ0n) is 7.41. The van der Waals surface area contributed by atoms with Crippen molar-refractivity contribution < 1.29 is 24.2 Å². The number of methoxy groups -OCH3 is 1. The highest BCUT2D eigenvalue weighted by Gasteiger charge is 2.45. The first-order chi connectivity index (χ1) is 6.10. The summed E-state index contributed by atoms with van der Waals surface area (Å²) in [5.41, 5.74) is -1.24. The van der Waals surface area contributed by atoms with Crippen molar-refractivity contribution in [3.63, 3.8) is 0 Å². The van der Waals surface area contributed by atoms with E-state index < -0.39 is 17.5 Å². The molecule has 13 heavy (non-hydrogen) atoms. The van der Waals surface area contributed by atoms with Crippen LogP contribution in [0.4, 0.5) is 0 Å². The molecule has 0 aromatic carbocycles. The average Bonchev–Trinajstić information content (AvgIpc) is 2.51. The highest BCUT2D eigenvalue weighted by atomic mass is 16.6. The second-order valence-corrected chi connectivity index (χ2v) is 3.01. The lowest BCUT2D eigenvalue weighted by Gasteiger charge is -2.22. The molecule has 0 aromatic heterocycles. The Balaban J connectivity index is 2.74. The van der Waals surface area contributed by atoms with Crippen molar-refractivity contribution in [2.75, 3.05) is 13.7 Å². The fourth-order valence-corrected chi connectivity index (χ4v) is 1.50. The third kappa shape index (κ3) is 1.98. The maximum Gasteiger partial charge on any atom is 0.338 e. The molecule has 1 aliphatic heterocycles. The molecule has 1 N–H and O–H groups in total. The zero-order valence-corrected chi connectivity index (χ0v) is 7.41. The van der Waals surface area contributed by atoms with Gasteiger partial charge in [0.05, 0.1) is 13.5 Å². The van der Waals surface area contributed by atoms with Crippen LogP contribution in [0.2, 0.25) is 0 Å². The van der Waals surface area contributed by atoms with E-state index in [-0.39, 0.29) is 6.42 Å². The molecule has 1 atom stereocenters. The Labute approximate surface area is 75.6 Å². The Hall–Kier alpha value is -1.10. The van der Waals surface area contributed by atoms with Gasteiger partial charge < -0.3 is 14.6 Å². The minimum Gasteiger partial charge on any atom is -0.481 e. The van der Waals surface area contributed by atoms with Crippen LogP contribution in [-0.4, -0.2) is 36.4 Å². The summed E-state index contributed by atoms with van der Waals surface area (Å²) in [4.78, 5) is 21.8. The van der Waals surface area contributed by atoms with Crippen molar-refractivity contribution in [2.45, 2.75) is 24.9 Å². The number of carboxylic acid groups (broad SMARTS) is 1. The third-order valence-electron chi connectivity index (χ3n) is 2.10. The summed E-state index contributed by atoms with van der Waals surface area (Å²) < 4.78 is 9.66. The number of carbonyl (C=O) groups excluding carboxylic acids is 1. The van der Waals surface area contributed by atoms with Crippen LogP contribution in [0, 0.1) is 0 Å². The minimum absolute atomic E-state index is 0.320. The summed E-state index contributed by atoms with van der Waals surface area (Å²) in [6, 6.07) is 0. The third-order valence-corrected chi connectivity index (χ3v) is 2.10. The molecule has 0 spiro atoms. The first-order valence-electron chi connectivity index (χ1n) is 4.05. The molecule has 0 radical (unpaired) electrons. The molecular weight excluding hydrogens is 176 g/mol. The Morgan fingerprint density at radius 3 is 2.69 bits per heavy atom. The van der Waals surface area contributed by atoms with E-state index in [9.17, 15) is 9.59 Å². The Morgan fingerprint density at radius 1 is 1.62 bits per heavy atom. The Kier molecular flexibility index (Phi) is 2.87. The fraction of sp³-hybridized carbons (Fsp3) is 0.750. The van der Waals surface area contributed by atoms with Crippen LogP contribution in [-0.2, 0) is 19.1 Å². The van der Waals surface area contributed by atoms with Gasteiger partial charge in [0.1, 0.15) is 0 Å². The number of ether oxygens (including phenoxy) is 2. The van der Waals surface area contributed by atoms with Crippen molar-refractivity contribution in [1.82, 2.24) is 0 Å². The summed E-state index contributed by atoms with van der Waals surface area (Å²) in [6.45, 7) is 0.419. The van der Waals surface area contributed by atoms with Crippen LogP contribution in [0.5, 0.6) is 0 Å². The normalized spacial score (nSPS) is 27.2. The highest BCUT2D eigenvalue weighted by Crippen LogP contribution is 2.30. The Bertz CT molecular complexity index is 217. The van der Waals surface area contributed by atoms with Crippen molar-refractivity contribution >= 4 is 11.9 Å². The molecule has 5 nitrogen and oxygen atoms in total. The molecule has 5 heteroatoms. The molecule has 0 amide bonds. The number of hydrogen-bond donors (Lipinski definition) is 1. The molecule has 1 saturated heterocycles. The number of carbonyl (C=O) groups is 2. The second kappa shape index (κ2) is 3.74. The lowest BCUT2D eigenvalue weighted by Crippen LogP contribution is -2.41. The molecule has 1 aliphatic rings. The van der Waals surface area contributed by atoms with Crippen LogP contribution < -0.4 is 0 Å². The molecule has 1 heterocycles. The minimum atomic E-state index is -1.24. The standard InChI is InChI=1S/C8H12O5/c1-12-7(11)8(5-6(9)10)3-2-4-13-8/h2-5H2,1H3,(H,9,10). The van der Waals surface area contributed by atoms with E-state index in [1.807, 2.05) is 0 Å². The van der Waals surface area contributed by atoms with E-state index in [1.165, 1.54) is 7.11 Å². The van der Waals surface area contributed by atoms with Crippen LogP contribution in [0.25, 0.3) is 0 Å². The first-order valence-corrected chi connectivity index (χ1v) is 4.05. The van der Waals surface area contributed by atoms with Gasteiger partial charge in [-0.1, -0.05) is 0 Å². The number of hydrogen-bond acceptors (Lipinski definition) is 4. The molecule has 1 fully saturated rings. The van der Waals surface area contributed by atoms with Crippen molar-refractivity contribution in [1.29, 1.82) is 0 Å². The summed E-state index contributed by atoms with van der Waals surface area (Å²) in [5.74, 6) is -1.64. The van der Waals surface area contributed by atoms with E-state index in [2.05, 4.69) is 4.74 Å². The topological polar surface area (TPSA) is 72.8 Å². The fourth-order valence-electron chi connectivity index (χ4n) is 1.50. The number of esters is 1. The maximum atomic E-state index is 11.3. The van der Waals surface area contributed by atoms with Crippen LogP contribution in [0.3, 0.4) is 0 Å². The van der Waals surface area contributed by atoms with E-state index in [4.69, 9.17) is 9.84 Å². The largest absolute Gasteiger partial charge is 0.481 e. The van der Waals surface area contributed by atoms with E-state index >= 15 is 0 Å². The van der Waals surface area contributed by atoms with Gasteiger partial charge in [0, 0.05) is 6.61 Å². The first kappa shape index (κ1) is 9.98. The monoisotopic (exact) mass is 188 g/mol. The van der Waals surface area contributed by atoms with Gasteiger partial charge in [-0.25, -0.2) is 4.79 Å². The van der Waals surface area contributed by atoms with E-state index in [0.29, 0.717) is 19.4 Å². The maximum absolute atomic E-state index is 11.3. The Morgan fingerprint density at radius 2 is 2.31 bits per heavy atom. The van der Waals surface area contributed by atoms with Gasteiger partial charge in [-0.05, 0) is 12.8 Å². The summed E-state index contributed by atoms with van der Waals surface area (Å²) in [6.07, 6.45) is 0.800. The van der Waals surface area contributed by atoms with E-state index in [0.717, 1.165) is 0 Å². The molecule has 1 unspecified atom stereocenters. The number of rotatable bonds is 3. The molecule has 0 bridgehead atoms. The number of carboxylic acids is 1. The van der Waals surface area contributed by atoms with Crippen LogP contribution >= 0.6 is 0 Å². The molecule has 0 saturated carbocycles. The highest BCUT2D eigenvalue weighted by molar-refractivity contribution is 5.85. The van der Waals surface area contributed by atoms with Gasteiger partial charge in [-0.3, -0.25) is 4.79 Å². The lowest BCUT2D eigenvalue weighted by molar-refractivity contribution is -0.169. The molecule has 1 rings (SSSR count). The molecule has 74 valence electrons. The summed E-state index contributed by atoms with van der Waals surface area (Å²) >= 11 is 0. The summed E-state index contributed by atoms with van der Waals surface area (Å²) in [5, 5.41) is 8.60. The predicted molar refractivity (Wildman–Crippen MR) is 42.2 cm³/mol. The van der Waals surface area contributed by atoms with Gasteiger partial charge in [0.2, 0.25) is 0 Å². The molecular formula is C8H12O5. The predicted octanol–water partition coefficient (Wildman–Crippen LogP) is 0.183. The van der Waals surface area contributed by atoms with E-state index in [1.54, 1.807) is 0 Å². The van der Waals surface area contributed by atoms with Gasteiger partial charge in [0.25, 0.3) is 0 Å². The van der Waals surface area contributed by atoms with Gasteiger partial charge >= 0.3 is 11.9 Å². The molecule has 0 aromatic rings. The smallest absolute Gasteiger partial charge is 0.338 e. The molecule has 0 aliphatic carbocycles. The van der Waals surface area contributed by atoms with Crippen molar-refractivity contribution in [3.05, 3.63) is 0 Å². The van der Waals surface area contributed by atoms with Gasteiger partial charge in [-0.15, -0.1) is 0 Å². The van der Waals surface area contributed by atoms with Crippen molar-refractivity contribution in [3.8, 4) is 0 Å². The lowest BCUT2D eigenvalue weighted by atomic mass is 9.96. The second-order valence-electron chi connectivity index (χ2n) is 3.01. The SMILES string of the molecule is COC(=O)C1(CC(=O)O)CCCO1. The quantitative estimate of drug-likeness (QED) is 0.640. The van der Waals surface area contributed by atoms with Gasteiger partial charge in [-0.2, -0.15) is 0 Å². The average molecular weight is 188 g/mol. The van der Waals surface area contributed by atoms with Crippen molar-refractivity contribution in [2.24, 2.45) is 0 Å². The van der Waals surface area contributed by atoms with Crippen LogP contribution in [0.1, 0.15) is 19.3 Å².